The molecule has 3 aromatic rings. The summed E-state index contributed by atoms with van der Waals surface area (Å²) in [6.07, 6.45) is -4.64. The molecule has 0 amide bonds. The van der Waals surface area contributed by atoms with Gasteiger partial charge in [-0.25, -0.2) is 8.42 Å². The molecule has 0 fully saturated rings. The van der Waals surface area contributed by atoms with Crippen molar-refractivity contribution in [1.82, 2.24) is 0 Å². The zero-order valence-electron chi connectivity index (χ0n) is 16.4. The maximum Gasteiger partial charge on any atom is 0.416 e. The van der Waals surface area contributed by atoms with E-state index in [4.69, 9.17) is 16.3 Å². The molecule has 0 bridgehead atoms. The summed E-state index contributed by atoms with van der Waals surface area (Å²) in [5, 5.41) is 0.543. The fourth-order valence-corrected chi connectivity index (χ4v) is 4.66. The van der Waals surface area contributed by atoms with Gasteiger partial charge >= 0.3 is 6.18 Å². The number of anilines is 1. The van der Waals surface area contributed by atoms with E-state index in [-0.39, 0.29) is 18.8 Å². The van der Waals surface area contributed by atoms with Crippen LogP contribution in [0.4, 0.5) is 18.9 Å². The first kappa shape index (κ1) is 23.0. The van der Waals surface area contributed by atoms with Crippen LogP contribution in [0.3, 0.4) is 0 Å². The molecule has 3 aromatic carbocycles. The molecule has 9 heteroatoms. The van der Waals surface area contributed by atoms with E-state index in [9.17, 15) is 21.6 Å². The lowest BCUT2D eigenvalue weighted by atomic mass is 10.2. The molecule has 0 atom stereocenters. The molecule has 31 heavy (non-hydrogen) atoms. The highest BCUT2D eigenvalue weighted by atomic mass is 35.5. The Morgan fingerprint density at radius 1 is 0.968 bits per heavy atom. The first-order valence-electron chi connectivity index (χ1n) is 9.29. The van der Waals surface area contributed by atoms with E-state index in [1.165, 1.54) is 6.07 Å². The van der Waals surface area contributed by atoms with Crippen LogP contribution < -0.4 is 9.04 Å². The van der Waals surface area contributed by atoms with Gasteiger partial charge in [0.2, 0.25) is 0 Å². The Balaban J connectivity index is 1.88. The van der Waals surface area contributed by atoms with Crippen molar-refractivity contribution in [2.75, 3.05) is 10.8 Å². The zero-order chi connectivity index (χ0) is 22.6. The normalized spacial score (nSPS) is 11.9. The fraction of sp³-hybridized carbons (Fsp3) is 0.182. The molecular formula is C22H19ClF3NO3S. The molecule has 164 valence electrons. The van der Waals surface area contributed by atoms with E-state index in [0.717, 1.165) is 28.1 Å². The Morgan fingerprint density at radius 2 is 1.68 bits per heavy atom. The van der Waals surface area contributed by atoms with E-state index >= 15 is 0 Å². The molecule has 0 unspecified atom stereocenters. The minimum absolute atomic E-state index is 0.0204. The van der Waals surface area contributed by atoms with Crippen LogP contribution in [0.15, 0.2) is 77.7 Å². The average Bonchev–Trinajstić information content (AvgIpc) is 2.73. The second kappa shape index (κ2) is 9.20. The van der Waals surface area contributed by atoms with Gasteiger partial charge in [-0.3, -0.25) is 4.31 Å². The molecule has 0 aliphatic carbocycles. The number of halogens is 4. The van der Waals surface area contributed by atoms with Gasteiger partial charge < -0.3 is 4.74 Å². The number of rotatable bonds is 7. The highest BCUT2D eigenvalue weighted by molar-refractivity contribution is 7.92. The largest absolute Gasteiger partial charge is 0.489 e. The standard InChI is InChI=1S/C22H19ClF3NO3S/c1-2-27(31(28,29)20-11-5-8-17(13-20)22(24,25)26)18-9-6-10-19(14-18)30-15-16-7-3-4-12-21(16)23/h3-14H,2,15H2,1H3. The lowest BCUT2D eigenvalue weighted by Gasteiger charge is -2.24. The van der Waals surface area contributed by atoms with Crippen molar-refractivity contribution < 1.29 is 26.3 Å². The van der Waals surface area contributed by atoms with Crippen molar-refractivity contribution in [3.05, 3.63) is 88.9 Å². The second-order valence-electron chi connectivity index (χ2n) is 6.57. The van der Waals surface area contributed by atoms with Crippen LogP contribution in [0.25, 0.3) is 0 Å². The van der Waals surface area contributed by atoms with Crippen LogP contribution >= 0.6 is 11.6 Å². The molecule has 0 N–H and O–H groups in total. The molecular weight excluding hydrogens is 451 g/mol. The summed E-state index contributed by atoms with van der Waals surface area (Å²) in [6, 6.07) is 17.2. The second-order valence-corrected chi connectivity index (χ2v) is 8.84. The predicted molar refractivity (Wildman–Crippen MR) is 114 cm³/mol. The van der Waals surface area contributed by atoms with Gasteiger partial charge in [0.15, 0.2) is 0 Å². The summed E-state index contributed by atoms with van der Waals surface area (Å²) in [7, 11) is -4.22. The minimum Gasteiger partial charge on any atom is -0.489 e. The third-order valence-electron chi connectivity index (χ3n) is 4.49. The first-order chi connectivity index (χ1) is 14.6. The Bertz CT molecular complexity index is 1170. The Kier molecular flexibility index (Phi) is 6.81. The third-order valence-corrected chi connectivity index (χ3v) is 6.76. The summed E-state index contributed by atoms with van der Waals surface area (Å²) >= 11 is 6.12. The molecule has 0 radical (unpaired) electrons. The van der Waals surface area contributed by atoms with E-state index in [1.807, 2.05) is 12.1 Å². The van der Waals surface area contributed by atoms with E-state index in [1.54, 1.807) is 37.3 Å². The van der Waals surface area contributed by atoms with E-state index < -0.39 is 26.7 Å². The summed E-state index contributed by atoms with van der Waals surface area (Å²) < 4.78 is 72.0. The van der Waals surface area contributed by atoms with Crippen molar-refractivity contribution in [3.8, 4) is 5.75 Å². The molecule has 0 aromatic heterocycles. The number of nitrogens with zero attached hydrogens (tertiary/aromatic N) is 1. The SMILES string of the molecule is CCN(c1cccc(OCc2ccccc2Cl)c1)S(=O)(=O)c1cccc(C(F)(F)F)c1. The molecule has 0 saturated heterocycles. The average molecular weight is 470 g/mol. The topological polar surface area (TPSA) is 46.6 Å². The highest BCUT2D eigenvalue weighted by Gasteiger charge is 2.33. The van der Waals surface area contributed by atoms with Crippen LogP contribution in [-0.4, -0.2) is 15.0 Å². The van der Waals surface area contributed by atoms with Crippen LogP contribution in [0.1, 0.15) is 18.1 Å². The summed E-state index contributed by atoms with van der Waals surface area (Å²) in [4.78, 5) is -0.438. The van der Waals surface area contributed by atoms with Crippen molar-refractivity contribution in [2.24, 2.45) is 0 Å². The van der Waals surface area contributed by atoms with Crippen molar-refractivity contribution in [1.29, 1.82) is 0 Å². The zero-order valence-corrected chi connectivity index (χ0v) is 18.0. The van der Waals surface area contributed by atoms with Crippen LogP contribution in [0.5, 0.6) is 5.75 Å². The number of ether oxygens (including phenoxy) is 1. The first-order valence-corrected chi connectivity index (χ1v) is 11.1. The number of sulfonamides is 1. The third kappa shape index (κ3) is 5.32. The van der Waals surface area contributed by atoms with Gasteiger partial charge in [0.05, 0.1) is 16.1 Å². The number of hydrogen-bond donors (Lipinski definition) is 0. The van der Waals surface area contributed by atoms with Gasteiger partial charge in [0, 0.05) is 23.2 Å². The number of hydrogen-bond acceptors (Lipinski definition) is 3. The van der Waals surface area contributed by atoms with Crippen molar-refractivity contribution in [3.63, 3.8) is 0 Å². The van der Waals surface area contributed by atoms with E-state index in [0.29, 0.717) is 16.8 Å². The predicted octanol–water partition coefficient (Wildman–Crippen LogP) is 6.15. The quantitative estimate of drug-likeness (QED) is 0.416. The number of benzene rings is 3. The molecule has 0 aliphatic heterocycles. The molecule has 3 rings (SSSR count). The maximum atomic E-state index is 13.1. The lowest BCUT2D eigenvalue weighted by Crippen LogP contribution is -2.31. The molecule has 4 nitrogen and oxygen atoms in total. The van der Waals surface area contributed by atoms with Gasteiger partial charge in [-0.05, 0) is 43.3 Å². The molecule has 0 aliphatic rings. The molecule has 0 spiro atoms. The lowest BCUT2D eigenvalue weighted by molar-refractivity contribution is -0.137. The Labute approximate surface area is 183 Å². The summed E-state index contributed by atoms with van der Waals surface area (Å²) in [6.45, 7) is 1.80. The Morgan fingerprint density at radius 3 is 2.35 bits per heavy atom. The smallest absolute Gasteiger partial charge is 0.416 e. The van der Waals surface area contributed by atoms with Crippen LogP contribution in [0.2, 0.25) is 5.02 Å². The van der Waals surface area contributed by atoms with Gasteiger partial charge in [-0.1, -0.05) is 41.9 Å². The van der Waals surface area contributed by atoms with Crippen molar-refractivity contribution in [2.45, 2.75) is 24.6 Å². The van der Waals surface area contributed by atoms with Gasteiger partial charge in [0.1, 0.15) is 12.4 Å². The van der Waals surface area contributed by atoms with Gasteiger partial charge in [0.25, 0.3) is 10.0 Å². The summed E-state index contributed by atoms with van der Waals surface area (Å²) in [5.74, 6) is 0.398. The maximum absolute atomic E-state index is 13.1. The molecule has 0 saturated carbocycles. The van der Waals surface area contributed by atoms with E-state index in [2.05, 4.69) is 0 Å². The summed E-state index contributed by atoms with van der Waals surface area (Å²) in [5.41, 5.74) is 0.0107. The minimum atomic E-state index is -4.64. The van der Waals surface area contributed by atoms with Gasteiger partial charge in [-0.15, -0.1) is 0 Å². The fourth-order valence-electron chi connectivity index (χ4n) is 2.96. The van der Waals surface area contributed by atoms with Crippen molar-refractivity contribution >= 4 is 27.3 Å². The number of alkyl halides is 3. The van der Waals surface area contributed by atoms with Gasteiger partial charge in [-0.2, -0.15) is 13.2 Å². The van der Waals surface area contributed by atoms with Crippen LogP contribution in [-0.2, 0) is 22.8 Å². The van der Waals surface area contributed by atoms with Crippen LogP contribution in [0, 0.1) is 0 Å². The molecule has 0 heterocycles. The monoisotopic (exact) mass is 469 g/mol. The Hall–Kier alpha value is -2.71. The highest BCUT2D eigenvalue weighted by Crippen LogP contribution is 2.33.